The van der Waals surface area contributed by atoms with Gasteiger partial charge in [0.05, 0.1) is 5.60 Å². The van der Waals surface area contributed by atoms with Crippen molar-refractivity contribution in [1.82, 2.24) is 0 Å². The molecule has 0 aromatic heterocycles. The Morgan fingerprint density at radius 3 is 2.50 bits per heavy atom. The van der Waals surface area contributed by atoms with Gasteiger partial charge in [0.1, 0.15) is 0 Å². The highest BCUT2D eigenvalue weighted by Crippen LogP contribution is 2.62. The van der Waals surface area contributed by atoms with Crippen molar-refractivity contribution in [1.29, 1.82) is 0 Å². The molecule has 0 aliphatic heterocycles. The summed E-state index contributed by atoms with van der Waals surface area (Å²) >= 11 is 0. The van der Waals surface area contributed by atoms with Gasteiger partial charge >= 0.3 is 0 Å². The molecular weight excluding hydrogens is 270 g/mol. The molecule has 0 aromatic carbocycles. The van der Waals surface area contributed by atoms with Crippen LogP contribution in [0.3, 0.4) is 0 Å². The number of rotatable bonds is 0. The summed E-state index contributed by atoms with van der Waals surface area (Å²) in [5.74, 6) is 4.50. The minimum atomic E-state index is -0.382. The molecular formula is C20H33NO. The van der Waals surface area contributed by atoms with Crippen LogP contribution in [0.2, 0.25) is 0 Å². The van der Waals surface area contributed by atoms with Gasteiger partial charge in [0.15, 0.2) is 0 Å². The molecule has 124 valence electrons. The fourth-order valence-electron chi connectivity index (χ4n) is 7.24. The quantitative estimate of drug-likeness (QED) is 0.704. The van der Waals surface area contributed by atoms with Gasteiger partial charge in [0, 0.05) is 18.2 Å². The zero-order valence-corrected chi connectivity index (χ0v) is 14.6. The fourth-order valence-corrected chi connectivity index (χ4v) is 7.24. The summed E-state index contributed by atoms with van der Waals surface area (Å²) in [5, 5.41) is 10.5. The van der Waals surface area contributed by atoms with Crippen LogP contribution in [-0.4, -0.2) is 23.5 Å². The van der Waals surface area contributed by atoms with Crippen molar-refractivity contribution < 1.29 is 5.11 Å². The minimum Gasteiger partial charge on any atom is -0.390 e. The normalized spacial score (nSPS) is 56.4. The molecule has 0 saturated heterocycles. The van der Waals surface area contributed by atoms with E-state index in [2.05, 4.69) is 18.8 Å². The van der Waals surface area contributed by atoms with Crippen LogP contribution in [0.25, 0.3) is 0 Å². The van der Waals surface area contributed by atoms with Crippen LogP contribution in [0.1, 0.15) is 71.6 Å². The van der Waals surface area contributed by atoms with E-state index in [1.54, 1.807) is 0 Å². The second-order valence-electron chi connectivity index (χ2n) is 9.34. The highest BCUT2D eigenvalue weighted by atomic mass is 16.3. The molecule has 2 nitrogen and oxygen atoms in total. The van der Waals surface area contributed by atoms with Crippen molar-refractivity contribution in [2.75, 3.05) is 7.05 Å². The number of fused-ring (bicyclic) bond motifs is 5. The standard InChI is InChI=1S/C20H33NO/c1-19(22)10-8-14-13(12-19)4-5-16-15(14)9-11-20(2)17(16)6-7-18(20)21-3/h13-17,22H,4-12H2,1-3H3/t13-,14+,15?,16?,17?,19-,20+/m1/s1. The summed E-state index contributed by atoms with van der Waals surface area (Å²) < 4.78 is 0. The lowest BCUT2D eigenvalue weighted by atomic mass is 9.50. The molecule has 22 heavy (non-hydrogen) atoms. The average molecular weight is 303 g/mol. The Morgan fingerprint density at radius 1 is 0.955 bits per heavy atom. The molecule has 4 fully saturated rings. The largest absolute Gasteiger partial charge is 0.390 e. The first kappa shape index (κ1) is 15.2. The van der Waals surface area contributed by atoms with Crippen molar-refractivity contribution in [2.45, 2.75) is 77.2 Å². The van der Waals surface area contributed by atoms with E-state index in [1.807, 2.05) is 7.05 Å². The van der Waals surface area contributed by atoms with Crippen LogP contribution in [-0.2, 0) is 0 Å². The van der Waals surface area contributed by atoms with E-state index >= 15 is 0 Å². The first-order valence-electron chi connectivity index (χ1n) is 9.63. The van der Waals surface area contributed by atoms with Crippen LogP contribution in [0.4, 0.5) is 0 Å². The van der Waals surface area contributed by atoms with Gasteiger partial charge in [0.25, 0.3) is 0 Å². The number of nitrogens with zero attached hydrogens (tertiary/aromatic N) is 1. The minimum absolute atomic E-state index is 0.382. The lowest BCUT2D eigenvalue weighted by molar-refractivity contribution is -0.0875. The Hall–Kier alpha value is -0.370. The molecule has 0 heterocycles. The predicted molar refractivity (Wildman–Crippen MR) is 91.1 cm³/mol. The maximum Gasteiger partial charge on any atom is 0.0622 e. The van der Waals surface area contributed by atoms with Crippen molar-refractivity contribution in [3.8, 4) is 0 Å². The zero-order chi connectivity index (χ0) is 15.5. The Bertz CT molecular complexity index is 482. The molecule has 4 saturated carbocycles. The van der Waals surface area contributed by atoms with E-state index in [1.165, 1.54) is 50.7 Å². The van der Waals surface area contributed by atoms with E-state index in [9.17, 15) is 5.11 Å². The summed E-state index contributed by atoms with van der Waals surface area (Å²) in [4.78, 5) is 4.67. The second kappa shape index (κ2) is 5.06. The molecule has 0 radical (unpaired) electrons. The Morgan fingerprint density at radius 2 is 1.73 bits per heavy atom. The smallest absolute Gasteiger partial charge is 0.0622 e. The summed E-state index contributed by atoms with van der Waals surface area (Å²) in [6, 6.07) is 0. The Kier molecular flexibility index (Phi) is 3.49. The SMILES string of the molecule is CN=C1CCC2C3CC[C@@H]4C[C@](C)(O)CC[C@@H]4C3CC[C@]12C. The van der Waals surface area contributed by atoms with Crippen LogP contribution in [0.5, 0.6) is 0 Å². The third-order valence-corrected chi connectivity index (χ3v) is 8.25. The van der Waals surface area contributed by atoms with Crippen molar-refractivity contribution in [3.05, 3.63) is 0 Å². The van der Waals surface area contributed by atoms with Gasteiger partial charge in [-0.2, -0.15) is 0 Å². The highest BCUT2D eigenvalue weighted by molar-refractivity contribution is 5.92. The molecule has 0 bridgehead atoms. The van der Waals surface area contributed by atoms with E-state index in [0.29, 0.717) is 5.41 Å². The maximum absolute atomic E-state index is 10.5. The number of hydrogen-bond acceptors (Lipinski definition) is 2. The van der Waals surface area contributed by atoms with E-state index in [-0.39, 0.29) is 5.60 Å². The van der Waals surface area contributed by atoms with Gasteiger partial charge in [0.2, 0.25) is 0 Å². The monoisotopic (exact) mass is 303 g/mol. The zero-order valence-electron chi connectivity index (χ0n) is 14.6. The van der Waals surface area contributed by atoms with E-state index in [4.69, 9.17) is 0 Å². The lowest BCUT2D eigenvalue weighted by Crippen LogP contribution is -2.50. The molecule has 0 spiro atoms. The maximum atomic E-state index is 10.5. The van der Waals surface area contributed by atoms with Crippen molar-refractivity contribution in [2.24, 2.45) is 40.0 Å². The Labute approximate surface area is 135 Å². The molecule has 4 rings (SSSR count). The van der Waals surface area contributed by atoms with Gasteiger partial charge in [-0.25, -0.2) is 0 Å². The molecule has 4 aliphatic rings. The van der Waals surface area contributed by atoms with Crippen LogP contribution >= 0.6 is 0 Å². The van der Waals surface area contributed by atoms with Gasteiger partial charge in [-0.3, -0.25) is 4.99 Å². The third-order valence-electron chi connectivity index (χ3n) is 8.25. The second-order valence-corrected chi connectivity index (χ2v) is 9.34. The fraction of sp³-hybridized carbons (Fsp3) is 0.950. The molecule has 1 N–H and O–H groups in total. The summed E-state index contributed by atoms with van der Waals surface area (Å²) in [5.41, 5.74) is 1.56. The van der Waals surface area contributed by atoms with E-state index in [0.717, 1.165) is 42.4 Å². The molecule has 0 amide bonds. The van der Waals surface area contributed by atoms with Crippen molar-refractivity contribution >= 4 is 5.71 Å². The predicted octanol–water partition coefficient (Wildman–Crippen LogP) is 4.46. The van der Waals surface area contributed by atoms with Gasteiger partial charge in [-0.1, -0.05) is 6.92 Å². The van der Waals surface area contributed by atoms with Gasteiger partial charge in [-0.15, -0.1) is 0 Å². The summed E-state index contributed by atoms with van der Waals surface area (Å²) in [7, 11) is 2.01. The van der Waals surface area contributed by atoms with Crippen LogP contribution < -0.4 is 0 Å². The molecule has 0 aromatic rings. The molecule has 4 aliphatic carbocycles. The topological polar surface area (TPSA) is 32.6 Å². The first-order chi connectivity index (χ1) is 10.4. The van der Waals surface area contributed by atoms with Crippen molar-refractivity contribution in [3.63, 3.8) is 0 Å². The van der Waals surface area contributed by atoms with Crippen LogP contribution in [0, 0.1) is 35.0 Å². The number of aliphatic imine (C=N–C) groups is 1. The first-order valence-corrected chi connectivity index (χ1v) is 9.63. The highest BCUT2D eigenvalue weighted by Gasteiger charge is 2.56. The third kappa shape index (κ3) is 2.12. The molecule has 3 unspecified atom stereocenters. The van der Waals surface area contributed by atoms with Crippen LogP contribution in [0.15, 0.2) is 4.99 Å². The van der Waals surface area contributed by atoms with Gasteiger partial charge in [-0.05, 0) is 94.3 Å². The van der Waals surface area contributed by atoms with E-state index < -0.39 is 0 Å². The number of aliphatic hydroxyl groups is 1. The lowest BCUT2D eigenvalue weighted by Gasteiger charge is -2.56. The Balaban J connectivity index is 1.57. The summed E-state index contributed by atoms with van der Waals surface area (Å²) in [6.45, 7) is 4.58. The molecule has 2 heteroatoms. The average Bonchev–Trinajstić information content (AvgIpc) is 2.82. The summed E-state index contributed by atoms with van der Waals surface area (Å²) in [6.07, 6.45) is 11.6. The number of hydrogen-bond donors (Lipinski definition) is 1. The molecule has 7 atom stereocenters. The van der Waals surface area contributed by atoms with Gasteiger partial charge < -0.3 is 5.11 Å².